The van der Waals surface area contributed by atoms with E-state index in [0.29, 0.717) is 27.9 Å². The molecule has 0 aliphatic heterocycles. The predicted molar refractivity (Wildman–Crippen MR) is 94.7 cm³/mol. The van der Waals surface area contributed by atoms with E-state index in [0.717, 1.165) is 5.52 Å². The summed E-state index contributed by atoms with van der Waals surface area (Å²) in [7, 11) is 3.29. The third-order valence-corrected chi connectivity index (χ3v) is 4.14. The number of hydrogen-bond donors (Lipinski definition) is 1. The lowest BCUT2D eigenvalue weighted by Gasteiger charge is -2.07. The van der Waals surface area contributed by atoms with E-state index in [2.05, 4.69) is 20.5 Å². The van der Waals surface area contributed by atoms with Crippen LogP contribution in [0.15, 0.2) is 42.5 Å². The summed E-state index contributed by atoms with van der Waals surface area (Å²) >= 11 is 0. The first-order chi connectivity index (χ1) is 12.6. The SMILES string of the molecule is COc1ccccc1C(=O)Nc1nnc2c3cc(F)ccc3n(C)c2n1. The van der Waals surface area contributed by atoms with Gasteiger partial charge in [-0.3, -0.25) is 10.1 Å². The van der Waals surface area contributed by atoms with E-state index in [1.807, 2.05) is 0 Å². The molecule has 0 unspecified atom stereocenters. The van der Waals surface area contributed by atoms with Crippen molar-refractivity contribution in [3.05, 3.63) is 53.8 Å². The van der Waals surface area contributed by atoms with Gasteiger partial charge in [0, 0.05) is 12.4 Å². The molecular weight excluding hydrogens is 337 g/mol. The van der Waals surface area contributed by atoms with Crippen LogP contribution in [0.5, 0.6) is 5.75 Å². The van der Waals surface area contributed by atoms with Gasteiger partial charge in [0.05, 0.1) is 18.2 Å². The fourth-order valence-electron chi connectivity index (χ4n) is 2.88. The number of amides is 1. The lowest BCUT2D eigenvalue weighted by molar-refractivity contribution is 0.102. The number of nitrogens with zero attached hydrogens (tertiary/aromatic N) is 4. The van der Waals surface area contributed by atoms with E-state index in [4.69, 9.17) is 4.74 Å². The lowest BCUT2D eigenvalue weighted by atomic mass is 10.2. The average Bonchev–Trinajstić information content (AvgIpc) is 2.93. The van der Waals surface area contributed by atoms with E-state index in [1.54, 1.807) is 41.9 Å². The Hall–Kier alpha value is -3.55. The van der Waals surface area contributed by atoms with Crippen LogP contribution >= 0.6 is 0 Å². The zero-order valence-electron chi connectivity index (χ0n) is 14.0. The molecule has 130 valence electrons. The van der Waals surface area contributed by atoms with Crippen LogP contribution in [0, 0.1) is 5.82 Å². The molecule has 0 fully saturated rings. The summed E-state index contributed by atoms with van der Waals surface area (Å²) in [6.45, 7) is 0. The van der Waals surface area contributed by atoms with Crippen LogP contribution in [0.3, 0.4) is 0 Å². The molecule has 0 spiro atoms. The van der Waals surface area contributed by atoms with Gasteiger partial charge in [-0.25, -0.2) is 4.39 Å². The molecule has 8 heteroatoms. The third-order valence-electron chi connectivity index (χ3n) is 4.14. The van der Waals surface area contributed by atoms with Crippen LogP contribution in [-0.4, -0.2) is 32.8 Å². The minimum absolute atomic E-state index is 0.0554. The summed E-state index contributed by atoms with van der Waals surface area (Å²) in [5.41, 5.74) is 2.10. The number of carbonyl (C=O) groups is 1. The largest absolute Gasteiger partial charge is 0.496 e. The number of methoxy groups -OCH3 is 1. The number of ether oxygens (including phenoxy) is 1. The molecule has 1 N–H and O–H groups in total. The summed E-state index contributed by atoms with van der Waals surface area (Å²) < 4.78 is 20.5. The molecule has 0 radical (unpaired) electrons. The first-order valence-corrected chi connectivity index (χ1v) is 7.81. The molecule has 2 heterocycles. The molecule has 0 saturated heterocycles. The number of aryl methyl sites for hydroxylation is 1. The minimum Gasteiger partial charge on any atom is -0.496 e. The summed E-state index contributed by atoms with van der Waals surface area (Å²) in [5, 5.41) is 11.3. The maximum atomic E-state index is 13.5. The Bertz CT molecular complexity index is 1160. The molecule has 26 heavy (non-hydrogen) atoms. The number of benzene rings is 2. The monoisotopic (exact) mass is 351 g/mol. The molecule has 7 nitrogen and oxygen atoms in total. The second-order valence-electron chi connectivity index (χ2n) is 5.68. The van der Waals surface area contributed by atoms with Crippen LogP contribution in [0.4, 0.5) is 10.3 Å². The fraction of sp³-hybridized carbons (Fsp3) is 0.111. The number of hydrogen-bond acceptors (Lipinski definition) is 5. The second-order valence-corrected chi connectivity index (χ2v) is 5.68. The maximum absolute atomic E-state index is 13.5. The molecule has 4 aromatic rings. The number of fused-ring (bicyclic) bond motifs is 3. The highest BCUT2D eigenvalue weighted by Gasteiger charge is 2.16. The molecular formula is C18H14FN5O2. The van der Waals surface area contributed by atoms with Gasteiger partial charge in [-0.05, 0) is 30.3 Å². The van der Waals surface area contributed by atoms with Crippen molar-refractivity contribution in [2.24, 2.45) is 7.05 Å². The summed E-state index contributed by atoms with van der Waals surface area (Å²) in [6, 6.07) is 11.3. The number of halogens is 1. The van der Waals surface area contributed by atoms with Gasteiger partial charge in [-0.1, -0.05) is 12.1 Å². The Labute approximate surface area is 147 Å². The second kappa shape index (κ2) is 6.07. The Kier molecular flexibility index (Phi) is 3.72. The number of anilines is 1. The zero-order chi connectivity index (χ0) is 18.3. The van der Waals surface area contributed by atoms with Crippen molar-refractivity contribution >= 4 is 33.9 Å². The van der Waals surface area contributed by atoms with E-state index in [9.17, 15) is 9.18 Å². The normalized spacial score (nSPS) is 11.0. The molecule has 0 saturated carbocycles. The highest BCUT2D eigenvalue weighted by molar-refractivity contribution is 6.07. The van der Waals surface area contributed by atoms with Gasteiger partial charge < -0.3 is 9.30 Å². The maximum Gasteiger partial charge on any atom is 0.261 e. The van der Waals surface area contributed by atoms with Crippen molar-refractivity contribution in [3.63, 3.8) is 0 Å². The van der Waals surface area contributed by atoms with Crippen molar-refractivity contribution in [2.75, 3.05) is 12.4 Å². The van der Waals surface area contributed by atoms with Gasteiger partial charge in [0.15, 0.2) is 5.65 Å². The van der Waals surface area contributed by atoms with Crippen LogP contribution < -0.4 is 10.1 Å². The number of rotatable bonds is 3. The van der Waals surface area contributed by atoms with Crippen LogP contribution in [0.1, 0.15) is 10.4 Å². The van der Waals surface area contributed by atoms with Gasteiger partial charge in [0.25, 0.3) is 11.9 Å². The van der Waals surface area contributed by atoms with E-state index >= 15 is 0 Å². The number of para-hydroxylation sites is 1. The molecule has 1 amide bonds. The number of nitrogens with one attached hydrogen (secondary N) is 1. The van der Waals surface area contributed by atoms with Gasteiger partial charge in [0.2, 0.25) is 0 Å². The summed E-state index contributed by atoms with van der Waals surface area (Å²) in [4.78, 5) is 16.8. The minimum atomic E-state index is -0.409. The molecule has 0 aliphatic carbocycles. The van der Waals surface area contributed by atoms with E-state index in [-0.39, 0.29) is 11.8 Å². The van der Waals surface area contributed by atoms with Crippen molar-refractivity contribution in [1.29, 1.82) is 0 Å². The standard InChI is InChI=1S/C18H14FN5O2/c1-24-13-8-7-10(19)9-12(13)15-16(24)20-18(23-22-15)21-17(25)11-5-3-4-6-14(11)26-2/h3-9H,1-2H3,(H,20,21,23,25). The smallest absolute Gasteiger partial charge is 0.261 e. The fourth-order valence-corrected chi connectivity index (χ4v) is 2.88. The zero-order valence-corrected chi connectivity index (χ0v) is 14.0. The van der Waals surface area contributed by atoms with E-state index in [1.165, 1.54) is 19.2 Å². The van der Waals surface area contributed by atoms with Crippen molar-refractivity contribution < 1.29 is 13.9 Å². The molecule has 0 aliphatic rings. The molecule has 0 bridgehead atoms. The van der Waals surface area contributed by atoms with Crippen molar-refractivity contribution in [1.82, 2.24) is 19.7 Å². The summed E-state index contributed by atoms with van der Waals surface area (Å²) in [6.07, 6.45) is 0. The van der Waals surface area contributed by atoms with Crippen molar-refractivity contribution in [3.8, 4) is 5.75 Å². The van der Waals surface area contributed by atoms with Crippen molar-refractivity contribution in [2.45, 2.75) is 0 Å². The lowest BCUT2D eigenvalue weighted by Crippen LogP contribution is -2.15. The predicted octanol–water partition coefficient (Wildman–Crippen LogP) is 2.92. The first-order valence-electron chi connectivity index (χ1n) is 7.81. The van der Waals surface area contributed by atoms with Gasteiger partial charge in [0.1, 0.15) is 17.1 Å². The number of aromatic nitrogens is 4. The Balaban J connectivity index is 1.75. The quantitative estimate of drug-likeness (QED) is 0.614. The average molecular weight is 351 g/mol. The first kappa shape index (κ1) is 15.9. The van der Waals surface area contributed by atoms with Crippen LogP contribution in [0.25, 0.3) is 22.1 Å². The Morgan fingerprint density at radius 2 is 2.00 bits per heavy atom. The topological polar surface area (TPSA) is 81.9 Å². The summed E-state index contributed by atoms with van der Waals surface area (Å²) in [5.74, 6) is -0.271. The Morgan fingerprint density at radius 3 is 2.81 bits per heavy atom. The highest BCUT2D eigenvalue weighted by Crippen LogP contribution is 2.26. The van der Waals surface area contributed by atoms with E-state index < -0.39 is 5.91 Å². The third kappa shape index (κ3) is 2.52. The molecule has 0 atom stereocenters. The Morgan fingerprint density at radius 1 is 1.19 bits per heavy atom. The molecule has 2 aromatic carbocycles. The number of carbonyl (C=O) groups excluding carboxylic acids is 1. The van der Waals surface area contributed by atoms with Gasteiger partial charge in [-0.15, -0.1) is 10.2 Å². The van der Waals surface area contributed by atoms with Crippen LogP contribution in [0.2, 0.25) is 0 Å². The molecule has 4 rings (SSSR count). The highest BCUT2D eigenvalue weighted by atomic mass is 19.1. The molecule has 2 aromatic heterocycles. The van der Waals surface area contributed by atoms with Gasteiger partial charge in [-0.2, -0.15) is 4.98 Å². The van der Waals surface area contributed by atoms with Gasteiger partial charge >= 0.3 is 0 Å². The van der Waals surface area contributed by atoms with Crippen LogP contribution in [-0.2, 0) is 7.05 Å².